The summed E-state index contributed by atoms with van der Waals surface area (Å²) in [5, 5.41) is 2.84. The first-order chi connectivity index (χ1) is 14.4. The van der Waals surface area contributed by atoms with E-state index in [2.05, 4.69) is 31.0 Å². The van der Waals surface area contributed by atoms with Crippen LogP contribution in [-0.2, 0) is 27.8 Å². The number of nitrogens with zero attached hydrogens (tertiary/aromatic N) is 2. The lowest BCUT2D eigenvalue weighted by atomic mass is 10.1. The largest absolute Gasteiger partial charge is 0.355 e. The Morgan fingerprint density at radius 1 is 1.10 bits per heavy atom. The third-order valence-corrected chi connectivity index (χ3v) is 6.49. The number of imidazole rings is 1. The van der Waals surface area contributed by atoms with E-state index in [-0.39, 0.29) is 17.2 Å². The number of rotatable bonds is 10. The molecule has 3 rings (SSSR count). The van der Waals surface area contributed by atoms with Crippen LogP contribution in [0.2, 0.25) is 0 Å². The van der Waals surface area contributed by atoms with Crippen LogP contribution in [0, 0.1) is 0 Å². The Labute approximate surface area is 184 Å². The molecule has 0 bridgehead atoms. The predicted octanol–water partition coefficient (Wildman–Crippen LogP) is 2.74. The molecular weight excluding hydrogens is 468 g/mol. The third-order valence-electron chi connectivity index (χ3n) is 4.47. The van der Waals surface area contributed by atoms with Gasteiger partial charge in [0.25, 0.3) is 0 Å². The zero-order valence-corrected chi connectivity index (χ0v) is 18.6. The second-order valence-corrected chi connectivity index (χ2v) is 9.39. The van der Waals surface area contributed by atoms with E-state index in [0.29, 0.717) is 19.5 Å². The molecule has 0 saturated carbocycles. The Bertz CT molecular complexity index is 1040. The maximum Gasteiger partial charge on any atom is 0.241 e. The fourth-order valence-electron chi connectivity index (χ4n) is 2.92. The highest BCUT2D eigenvalue weighted by atomic mass is 79.9. The van der Waals surface area contributed by atoms with Gasteiger partial charge in [-0.1, -0.05) is 46.3 Å². The van der Waals surface area contributed by atoms with Crippen molar-refractivity contribution in [1.82, 2.24) is 19.6 Å². The average Bonchev–Trinajstić information content (AvgIpc) is 3.25. The highest BCUT2D eigenvalue weighted by Crippen LogP contribution is 2.15. The quantitative estimate of drug-likeness (QED) is 0.427. The molecule has 1 amide bonds. The van der Waals surface area contributed by atoms with Crippen molar-refractivity contribution >= 4 is 31.9 Å². The number of carbonyl (C=O) groups is 1. The Kier molecular flexibility index (Phi) is 7.78. The van der Waals surface area contributed by atoms with E-state index in [1.807, 2.05) is 41.1 Å². The fourth-order valence-corrected chi connectivity index (χ4v) is 4.38. The van der Waals surface area contributed by atoms with Crippen molar-refractivity contribution in [2.75, 3.05) is 6.54 Å². The van der Waals surface area contributed by atoms with Crippen molar-refractivity contribution in [1.29, 1.82) is 0 Å². The zero-order valence-electron chi connectivity index (χ0n) is 16.2. The number of carbonyl (C=O) groups excluding carboxylic acids is 1. The molecule has 0 aliphatic rings. The summed E-state index contributed by atoms with van der Waals surface area (Å²) in [6.07, 6.45) is 6.23. The van der Waals surface area contributed by atoms with E-state index in [4.69, 9.17) is 0 Å². The summed E-state index contributed by atoms with van der Waals surface area (Å²) in [6, 6.07) is 14.7. The molecule has 0 saturated heterocycles. The molecular formula is C21H23BrN4O3S. The van der Waals surface area contributed by atoms with Gasteiger partial charge in [0.15, 0.2) is 0 Å². The molecule has 9 heteroatoms. The molecule has 7 nitrogen and oxygen atoms in total. The molecule has 158 valence electrons. The summed E-state index contributed by atoms with van der Waals surface area (Å²) in [7, 11) is -3.85. The Balaban J connectivity index is 1.67. The van der Waals surface area contributed by atoms with Crippen LogP contribution in [0.5, 0.6) is 0 Å². The van der Waals surface area contributed by atoms with E-state index >= 15 is 0 Å². The average molecular weight is 491 g/mol. The van der Waals surface area contributed by atoms with Crippen molar-refractivity contribution in [3.05, 3.63) is 83.4 Å². The normalized spacial score (nSPS) is 12.4. The molecule has 1 atom stereocenters. The van der Waals surface area contributed by atoms with Gasteiger partial charge >= 0.3 is 0 Å². The number of sulfonamides is 1. The van der Waals surface area contributed by atoms with E-state index in [0.717, 1.165) is 10.0 Å². The van der Waals surface area contributed by atoms with Gasteiger partial charge in [-0.2, -0.15) is 4.72 Å². The van der Waals surface area contributed by atoms with Crippen LogP contribution >= 0.6 is 15.9 Å². The summed E-state index contributed by atoms with van der Waals surface area (Å²) >= 11 is 3.30. The second-order valence-electron chi connectivity index (χ2n) is 6.76. The van der Waals surface area contributed by atoms with E-state index in [1.54, 1.807) is 24.7 Å². The molecule has 0 aliphatic carbocycles. The van der Waals surface area contributed by atoms with Crippen molar-refractivity contribution in [2.24, 2.45) is 0 Å². The number of halogens is 1. The summed E-state index contributed by atoms with van der Waals surface area (Å²) < 4.78 is 30.9. The van der Waals surface area contributed by atoms with Crippen LogP contribution in [0.25, 0.3) is 0 Å². The van der Waals surface area contributed by atoms with Crippen LogP contribution in [0.4, 0.5) is 0 Å². The van der Waals surface area contributed by atoms with Crippen molar-refractivity contribution in [2.45, 2.75) is 30.3 Å². The molecule has 0 fully saturated rings. The molecule has 0 unspecified atom stereocenters. The molecule has 0 aliphatic heterocycles. The van der Waals surface area contributed by atoms with Gasteiger partial charge in [0.05, 0.1) is 11.2 Å². The fraction of sp³-hybridized carbons (Fsp3) is 0.238. The molecule has 0 spiro atoms. The monoisotopic (exact) mass is 490 g/mol. The predicted molar refractivity (Wildman–Crippen MR) is 118 cm³/mol. The number of benzene rings is 2. The number of hydrogen-bond acceptors (Lipinski definition) is 4. The van der Waals surface area contributed by atoms with E-state index < -0.39 is 16.1 Å². The number of amides is 1. The lowest BCUT2D eigenvalue weighted by Gasteiger charge is -2.19. The first-order valence-electron chi connectivity index (χ1n) is 9.49. The number of aryl methyl sites for hydroxylation is 1. The number of nitrogens with one attached hydrogen (secondary N) is 2. The standard InChI is InChI=1S/C21H23BrN4O3S/c22-18-7-9-19(10-8-18)30(28,29)25-20(15-17-5-2-1-3-6-17)21(27)24-11-4-13-26-14-12-23-16-26/h1-3,5-10,12,14,16,20,25H,4,11,13,15H2,(H,24,27)/t20-/m0/s1. The van der Waals surface area contributed by atoms with Crippen molar-refractivity contribution < 1.29 is 13.2 Å². The van der Waals surface area contributed by atoms with Gasteiger partial charge in [0.2, 0.25) is 15.9 Å². The van der Waals surface area contributed by atoms with Crippen molar-refractivity contribution in [3.63, 3.8) is 0 Å². The van der Waals surface area contributed by atoms with Crippen LogP contribution in [0.15, 0.2) is 82.7 Å². The number of aromatic nitrogens is 2. The van der Waals surface area contributed by atoms with Crippen LogP contribution in [0.1, 0.15) is 12.0 Å². The van der Waals surface area contributed by atoms with E-state index in [1.165, 1.54) is 12.1 Å². The van der Waals surface area contributed by atoms with Gasteiger partial charge < -0.3 is 9.88 Å². The molecule has 1 heterocycles. The van der Waals surface area contributed by atoms with Gasteiger partial charge in [0.1, 0.15) is 6.04 Å². The van der Waals surface area contributed by atoms with Crippen LogP contribution in [0.3, 0.4) is 0 Å². The molecule has 2 N–H and O–H groups in total. The Hall–Kier alpha value is -2.49. The summed E-state index contributed by atoms with van der Waals surface area (Å²) in [4.78, 5) is 16.9. The van der Waals surface area contributed by atoms with Crippen LogP contribution in [-0.4, -0.2) is 36.5 Å². The summed E-state index contributed by atoms with van der Waals surface area (Å²) in [5.74, 6) is -0.356. The van der Waals surface area contributed by atoms with Gasteiger partial charge in [-0.05, 0) is 42.7 Å². The second kappa shape index (κ2) is 10.5. The van der Waals surface area contributed by atoms with Crippen molar-refractivity contribution in [3.8, 4) is 0 Å². The Morgan fingerprint density at radius 3 is 2.50 bits per heavy atom. The van der Waals surface area contributed by atoms with Gasteiger partial charge in [-0.3, -0.25) is 4.79 Å². The highest BCUT2D eigenvalue weighted by molar-refractivity contribution is 9.10. The maximum atomic E-state index is 12.8. The summed E-state index contributed by atoms with van der Waals surface area (Å²) in [6.45, 7) is 1.15. The minimum Gasteiger partial charge on any atom is -0.355 e. The SMILES string of the molecule is O=C(NCCCn1ccnc1)[C@H](Cc1ccccc1)NS(=O)(=O)c1ccc(Br)cc1. The van der Waals surface area contributed by atoms with Gasteiger partial charge in [-0.15, -0.1) is 0 Å². The Morgan fingerprint density at radius 2 is 1.83 bits per heavy atom. The lowest BCUT2D eigenvalue weighted by molar-refractivity contribution is -0.122. The zero-order chi connectivity index (χ0) is 21.4. The smallest absolute Gasteiger partial charge is 0.241 e. The first-order valence-corrected chi connectivity index (χ1v) is 11.8. The minimum absolute atomic E-state index is 0.108. The first kappa shape index (κ1) is 22.2. The maximum absolute atomic E-state index is 12.8. The lowest BCUT2D eigenvalue weighted by Crippen LogP contribution is -2.48. The minimum atomic E-state index is -3.85. The topological polar surface area (TPSA) is 93.1 Å². The highest BCUT2D eigenvalue weighted by Gasteiger charge is 2.26. The van der Waals surface area contributed by atoms with Crippen LogP contribution < -0.4 is 10.0 Å². The summed E-state index contributed by atoms with van der Waals surface area (Å²) in [5.41, 5.74) is 0.870. The van der Waals surface area contributed by atoms with E-state index in [9.17, 15) is 13.2 Å². The third kappa shape index (κ3) is 6.51. The molecule has 2 aromatic carbocycles. The van der Waals surface area contributed by atoms with Gasteiger partial charge in [-0.25, -0.2) is 13.4 Å². The molecule has 30 heavy (non-hydrogen) atoms. The molecule has 3 aromatic rings. The van der Waals surface area contributed by atoms with Gasteiger partial charge in [0, 0.05) is 30.0 Å². The molecule has 1 aromatic heterocycles. The number of hydrogen-bond donors (Lipinski definition) is 2. The molecule has 0 radical (unpaired) electrons.